The van der Waals surface area contributed by atoms with Crippen molar-refractivity contribution in [2.75, 3.05) is 25.1 Å². The Bertz CT molecular complexity index is 654. The lowest BCUT2D eigenvalue weighted by atomic mass is 10.3. The van der Waals surface area contributed by atoms with E-state index in [0.29, 0.717) is 34.2 Å². The molecule has 0 saturated carbocycles. The average Bonchev–Trinajstić information content (AvgIpc) is 2.96. The third kappa shape index (κ3) is 3.34. The minimum atomic E-state index is -0.0121. The number of anilines is 1. The van der Waals surface area contributed by atoms with Gasteiger partial charge in [0.05, 0.1) is 36.1 Å². The number of aromatic nitrogens is 3. The summed E-state index contributed by atoms with van der Waals surface area (Å²) < 4.78 is 10.8. The Kier molecular flexibility index (Phi) is 4.49. The Balaban J connectivity index is 1.64. The molecule has 2 aromatic rings. The molecule has 116 valence electrons. The lowest BCUT2D eigenvalue weighted by Crippen LogP contribution is -2.25. The van der Waals surface area contributed by atoms with Crippen molar-refractivity contribution in [2.45, 2.75) is 12.5 Å². The maximum Gasteiger partial charge on any atom is 0.316 e. The zero-order chi connectivity index (χ0) is 15.5. The Labute approximate surface area is 138 Å². The van der Waals surface area contributed by atoms with Crippen LogP contribution in [0, 0.1) is 0 Å². The van der Waals surface area contributed by atoms with E-state index in [9.17, 15) is 0 Å². The van der Waals surface area contributed by atoms with Crippen LogP contribution in [-0.4, -0.2) is 41.3 Å². The van der Waals surface area contributed by atoms with Gasteiger partial charge in [0.25, 0.3) is 0 Å². The molecule has 1 atom stereocenters. The monoisotopic (exact) mass is 340 g/mol. The lowest BCUT2D eigenvalue weighted by Gasteiger charge is -2.18. The summed E-state index contributed by atoms with van der Waals surface area (Å²) in [6, 6.07) is 2.02. The highest BCUT2D eigenvalue weighted by molar-refractivity contribution is 6.36. The third-order valence-electron chi connectivity index (χ3n) is 3.35. The minimum absolute atomic E-state index is 0.0121. The van der Waals surface area contributed by atoms with Gasteiger partial charge in [0, 0.05) is 19.2 Å². The standard InChI is InChI=1S/C14H14Cl2N4O2/c1-21-11-6-18-14(19-7-11)22-10-2-3-20(8-10)13-12(16)4-9(15)5-17-13/h4-7,10H,2-3,8H2,1H3. The molecule has 1 fully saturated rings. The number of methoxy groups -OCH3 is 1. The van der Waals surface area contributed by atoms with Crippen molar-refractivity contribution >= 4 is 29.0 Å². The van der Waals surface area contributed by atoms with E-state index in [1.165, 1.54) is 0 Å². The van der Waals surface area contributed by atoms with Crippen molar-refractivity contribution in [3.63, 3.8) is 0 Å². The Morgan fingerprint density at radius 1 is 1.18 bits per heavy atom. The van der Waals surface area contributed by atoms with Gasteiger partial charge >= 0.3 is 6.01 Å². The van der Waals surface area contributed by atoms with Crippen molar-refractivity contribution in [2.24, 2.45) is 0 Å². The van der Waals surface area contributed by atoms with Gasteiger partial charge < -0.3 is 14.4 Å². The Morgan fingerprint density at radius 2 is 1.95 bits per heavy atom. The molecular formula is C14H14Cl2N4O2. The molecule has 0 spiro atoms. The van der Waals surface area contributed by atoms with E-state index in [1.54, 1.807) is 31.8 Å². The van der Waals surface area contributed by atoms with Crippen LogP contribution in [0.3, 0.4) is 0 Å². The molecule has 8 heteroatoms. The molecule has 0 bridgehead atoms. The zero-order valence-electron chi connectivity index (χ0n) is 11.9. The second kappa shape index (κ2) is 6.54. The number of nitrogens with zero attached hydrogens (tertiary/aromatic N) is 4. The van der Waals surface area contributed by atoms with E-state index in [4.69, 9.17) is 32.7 Å². The maximum absolute atomic E-state index is 6.18. The van der Waals surface area contributed by atoms with E-state index < -0.39 is 0 Å². The first-order chi connectivity index (χ1) is 10.7. The molecular weight excluding hydrogens is 327 g/mol. The number of rotatable bonds is 4. The second-order valence-electron chi connectivity index (χ2n) is 4.84. The minimum Gasteiger partial charge on any atom is -0.494 e. The molecule has 1 saturated heterocycles. The zero-order valence-corrected chi connectivity index (χ0v) is 13.4. The van der Waals surface area contributed by atoms with Gasteiger partial charge in [0.1, 0.15) is 11.9 Å². The van der Waals surface area contributed by atoms with Crippen LogP contribution < -0.4 is 14.4 Å². The smallest absolute Gasteiger partial charge is 0.316 e. The van der Waals surface area contributed by atoms with Crippen molar-refractivity contribution in [3.8, 4) is 11.8 Å². The van der Waals surface area contributed by atoms with Gasteiger partial charge in [0.15, 0.2) is 5.75 Å². The molecule has 0 radical (unpaired) electrons. The fourth-order valence-corrected chi connectivity index (χ4v) is 2.78. The van der Waals surface area contributed by atoms with E-state index in [1.807, 2.05) is 0 Å². The molecule has 1 aliphatic heterocycles. The van der Waals surface area contributed by atoms with Gasteiger partial charge in [-0.1, -0.05) is 23.2 Å². The largest absolute Gasteiger partial charge is 0.494 e. The van der Waals surface area contributed by atoms with Crippen LogP contribution >= 0.6 is 23.2 Å². The van der Waals surface area contributed by atoms with Gasteiger partial charge in [-0.05, 0) is 6.07 Å². The first-order valence-corrected chi connectivity index (χ1v) is 7.50. The number of hydrogen-bond acceptors (Lipinski definition) is 6. The molecule has 1 aliphatic rings. The second-order valence-corrected chi connectivity index (χ2v) is 5.68. The SMILES string of the molecule is COc1cnc(OC2CCN(c3ncc(Cl)cc3Cl)C2)nc1. The lowest BCUT2D eigenvalue weighted by molar-refractivity contribution is 0.205. The summed E-state index contributed by atoms with van der Waals surface area (Å²) in [7, 11) is 1.57. The fourth-order valence-electron chi connectivity index (χ4n) is 2.28. The summed E-state index contributed by atoms with van der Waals surface area (Å²) >= 11 is 12.1. The quantitative estimate of drug-likeness (QED) is 0.852. The summed E-state index contributed by atoms with van der Waals surface area (Å²) in [6.07, 6.45) is 5.57. The van der Waals surface area contributed by atoms with Crippen molar-refractivity contribution in [1.29, 1.82) is 0 Å². The Hall–Kier alpha value is -1.79. The molecule has 0 aromatic carbocycles. The van der Waals surface area contributed by atoms with Crippen LogP contribution in [0.15, 0.2) is 24.7 Å². The number of halogens is 2. The number of ether oxygens (including phenoxy) is 2. The summed E-state index contributed by atoms with van der Waals surface area (Å²) in [4.78, 5) is 14.6. The number of hydrogen-bond donors (Lipinski definition) is 0. The van der Waals surface area contributed by atoms with Crippen molar-refractivity contribution < 1.29 is 9.47 Å². The first-order valence-electron chi connectivity index (χ1n) is 6.74. The molecule has 0 aliphatic carbocycles. The van der Waals surface area contributed by atoms with Crippen LogP contribution in [0.1, 0.15) is 6.42 Å². The van der Waals surface area contributed by atoms with E-state index >= 15 is 0 Å². The van der Waals surface area contributed by atoms with Crippen molar-refractivity contribution in [1.82, 2.24) is 15.0 Å². The number of pyridine rings is 1. The molecule has 0 N–H and O–H groups in total. The Morgan fingerprint density at radius 3 is 2.64 bits per heavy atom. The molecule has 1 unspecified atom stereocenters. The highest BCUT2D eigenvalue weighted by Gasteiger charge is 2.27. The van der Waals surface area contributed by atoms with Crippen LogP contribution in [0.4, 0.5) is 5.82 Å². The third-order valence-corrected chi connectivity index (χ3v) is 3.83. The maximum atomic E-state index is 6.18. The van der Waals surface area contributed by atoms with Gasteiger partial charge in [-0.2, -0.15) is 9.97 Å². The molecule has 0 amide bonds. The van der Waals surface area contributed by atoms with Gasteiger partial charge in [0.2, 0.25) is 0 Å². The van der Waals surface area contributed by atoms with Crippen molar-refractivity contribution in [3.05, 3.63) is 34.7 Å². The molecule has 2 aromatic heterocycles. The molecule has 22 heavy (non-hydrogen) atoms. The van der Waals surface area contributed by atoms with Gasteiger partial charge in [-0.25, -0.2) is 4.98 Å². The van der Waals surface area contributed by atoms with E-state index in [-0.39, 0.29) is 6.10 Å². The van der Waals surface area contributed by atoms with Gasteiger partial charge in [-0.3, -0.25) is 0 Å². The molecule has 3 rings (SSSR count). The van der Waals surface area contributed by atoms with Crippen LogP contribution in [0.5, 0.6) is 11.8 Å². The van der Waals surface area contributed by atoms with Crippen LogP contribution in [0.25, 0.3) is 0 Å². The summed E-state index contributed by atoms with van der Waals surface area (Å²) in [5.41, 5.74) is 0. The van der Waals surface area contributed by atoms with Gasteiger partial charge in [-0.15, -0.1) is 0 Å². The summed E-state index contributed by atoms with van der Waals surface area (Å²) in [5, 5.41) is 1.06. The topological polar surface area (TPSA) is 60.4 Å². The summed E-state index contributed by atoms with van der Waals surface area (Å²) in [5.74, 6) is 1.31. The van der Waals surface area contributed by atoms with Crippen LogP contribution in [0.2, 0.25) is 10.0 Å². The highest BCUT2D eigenvalue weighted by Crippen LogP contribution is 2.29. The van der Waals surface area contributed by atoms with E-state index in [2.05, 4.69) is 19.9 Å². The van der Waals surface area contributed by atoms with E-state index in [0.717, 1.165) is 13.0 Å². The fraction of sp³-hybridized carbons (Fsp3) is 0.357. The summed E-state index contributed by atoms with van der Waals surface area (Å²) in [6.45, 7) is 1.47. The predicted molar refractivity (Wildman–Crippen MR) is 84.1 cm³/mol. The normalized spacial score (nSPS) is 17.6. The predicted octanol–water partition coefficient (Wildman–Crippen LogP) is 2.84. The first kappa shape index (κ1) is 15.1. The average molecular weight is 341 g/mol. The van der Waals surface area contributed by atoms with Crippen LogP contribution in [-0.2, 0) is 0 Å². The molecule has 6 nitrogen and oxygen atoms in total. The molecule has 3 heterocycles. The highest BCUT2D eigenvalue weighted by atomic mass is 35.5.